The molecule has 1 aliphatic rings. The summed E-state index contributed by atoms with van der Waals surface area (Å²) in [5.74, 6) is 0.577. The maximum atomic E-state index is 13.2. The van der Waals surface area contributed by atoms with Crippen molar-refractivity contribution >= 4 is 28.4 Å². The van der Waals surface area contributed by atoms with Crippen LogP contribution in [0.15, 0.2) is 42.5 Å². The number of nitrogens with zero attached hydrogens (tertiary/aromatic N) is 4. The summed E-state index contributed by atoms with van der Waals surface area (Å²) in [4.78, 5) is 14.5. The van der Waals surface area contributed by atoms with Crippen molar-refractivity contribution in [1.29, 1.82) is 0 Å². The van der Waals surface area contributed by atoms with Crippen molar-refractivity contribution in [2.45, 2.75) is 64.8 Å². The topological polar surface area (TPSA) is 80.2 Å². The number of nitrogens with one attached hydrogen (secondary N) is 1. The van der Waals surface area contributed by atoms with Crippen LogP contribution in [0, 0.1) is 5.92 Å². The molecule has 0 amide bonds. The number of halogens is 3. The average molecular weight is 516 g/mol. The van der Waals surface area contributed by atoms with Gasteiger partial charge < -0.3 is 15.0 Å². The van der Waals surface area contributed by atoms with Crippen LogP contribution >= 0.6 is 0 Å². The number of hydrogen-bond donors (Lipinski definition) is 1. The first-order valence-corrected chi connectivity index (χ1v) is 12.4. The third kappa shape index (κ3) is 6.87. The van der Waals surface area contributed by atoms with Crippen molar-refractivity contribution in [3.05, 3.63) is 53.6 Å². The highest BCUT2D eigenvalue weighted by Gasteiger charge is 2.31. The molecule has 2 heterocycles. The summed E-state index contributed by atoms with van der Waals surface area (Å²) in [7, 11) is 0. The molecule has 4 rings (SSSR count). The highest BCUT2D eigenvalue weighted by Crippen LogP contribution is 2.33. The summed E-state index contributed by atoms with van der Waals surface area (Å²) in [6.45, 7) is 8.99. The number of fused-ring (bicyclic) bond motifs is 1. The van der Waals surface area contributed by atoms with Crippen molar-refractivity contribution in [2.75, 3.05) is 23.3 Å². The first-order chi connectivity index (χ1) is 17.4. The Morgan fingerprint density at radius 1 is 1.11 bits per heavy atom. The van der Waals surface area contributed by atoms with E-state index in [9.17, 15) is 18.0 Å². The minimum Gasteiger partial charge on any atom is -0.460 e. The molecule has 0 radical (unpaired) electrons. The fourth-order valence-electron chi connectivity index (χ4n) is 4.56. The highest BCUT2D eigenvalue weighted by molar-refractivity contribution is 5.91. The molecule has 0 saturated carbocycles. The molecule has 10 heteroatoms. The fraction of sp³-hybridized carbons (Fsp3) is 0.481. The number of esters is 1. The Morgan fingerprint density at radius 3 is 2.51 bits per heavy atom. The van der Waals surface area contributed by atoms with E-state index in [-0.39, 0.29) is 11.9 Å². The van der Waals surface area contributed by atoms with E-state index < -0.39 is 23.4 Å². The van der Waals surface area contributed by atoms with Crippen molar-refractivity contribution in [2.24, 2.45) is 5.92 Å². The Kier molecular flexibility index (Phi) is 7.57. The smallest absolute Gasteiger partial charge is 0.416 e. The minimum atomic E-state index is -4.41. The number of piperidine rings is 1. The highest BCUT2D eigenvalue weighted by atomic mass is 19.4. The van der Waals surface area contributed by atoms with Gasteiger partial charge in [0, 0.05) is 30.6 Å². The average Bonchev–Trinajstić information content (AvgIpc) is 2.83. The van der Waals surface area contributed by atoms with Gasteiger partial charge >= 0.3 is 12.1 Å². The Labute approximate surface area is 214 Å². The van der Waals surface area contributed by atoms with E-state index in [2.05, 4.69) is 25.6 Å². The third-order valence-corrected chi connectivity index (χ3v) is 6.45. The second-order valence-corrected chi connectivity index (χ2v) is 10.5. The van der Waals surface area contributed by atoms with Crippen LogP contribution in [0.3, 0.4) is 0 Å². The van der Waals surface area contributed by atoms with Crippen LogP contribution in [0.1, 0.15) is 64.1 Å². The maximum absolute atomic E-state index is 13.2. The van der Waals surface area contributed by atoms with Crippen molar-refractivity contribution in [3.63, 3.8) is 0 Å². The van der Waals surface area contributed by atoms with Gasteiger partial charge in [-0.05, 0) is 87.6 Å². The minimum absolute atomic E-state index is 0.160. The zero-order valence-corrected chi connectivity index (χ0v) is 21.5. The normalized spacial score (nSPS) is 16.0. The molecule has 3 aromatic rings. The van der Waals surface area contributed by atoms with Crippen molar-refractivity contribution < 1.29 is 22.7 Å². The van der Waals surface area contributed by atoms with Gasteiger partial charge in [0.1, 0.15) is 5.60 Å². The van der Waals surface area contributed by atoms with Crippen LogP contribution in [0.2, 0.25) is 0 Å². The number of ether oxygens (including phenoxy) is 1. The van der Waals surface area contributed by atoms with Gasteiger partial charge in [-0.2, -0.15) is 13.2 Å². The van der Waals surface area contributed by atoms with Gasteiger partial charge in [0.15, 0.2) is 5.82 Å². The molecular formula is C27H32F3N5O2. The monoisotopic (exact) mass is 515 g/mol. The molecule has 1 atom stereocenters. The second kappa shape index (κ2) is 10.5. The second-order valence-electron chi connectivity index (χ2n) is 10.5. The van der Waals surface area contributed by atoms with E-state index in [1.807, 2.05) is 39.0 Å². The summed E-state index contributed by atoms with van der Waals surface area (Å²) in [6, 6.07) is 10.6. The van der Waals surface area contributed by atoms with E-state index >= 15 is 0 Å². The number of benzene rings is 2. The summed E-state index contributed by atoms with van der Waals surface area (Å²) < 4.78 is 44.9. The Hall–Kier alpha value is -3.43. The number of alkyl halides is 3. The fourth-order valence-corrected chi connectivity index (χ4v) is 4.56. The number of carbonyl (C=O) groups is 1. The van der Waals surface area contributed by atoms with Crippen molar-refractivity contribution in [1.82, 2.24) is 15.4 Å². The Bertz CT molecular complexity index is 1250. The van der Waals surface area contributed by atoms with Gasteiger partial charge in [-0.15, -0.1) is 10.2 Å². The van der Waals surface area contributed by atoms with Gasteiger partial charge in [0.05, 0.1) is 17.1 Å². The number of aromatic nitrogens is 3. The Balaban J connectivity index is 1.46. The predicted octanol–water partition coefficient (Wildman–Crippen LogP) is 6.16. The van der Waals surface area contributed by atoms with E-state index in [0.717, 1.165) is 49.1 Å². The van der Waals surface area contributed by atoms with Gasteiger partial charge in [-0.3, -0.25) is 4.79 Å². The zero-order valence-electron chi connectivity index (χ0n) is 21.5. The quantitative estimate of drug-likeness (QED) is 0.394. The van der Waals surface area contributed by atoms with Crippen LogP contribution in [-0.2, 0) is 15.7 Å². The first-order valence-electron chi connectivity index (χ1n) is 12.4. The number of hydrogen-bond acceptors (Lipinski definition) is 7. The molecule has 198 valence electrons. The third-order valence-electron chi connectivity index (χ3n) is 6.45. The predicted molar refractivity (Wildman–Crippen MR) is 136 cm³/mol. The summed E-state index contributed by atoms with van der Waals surface area (Å²) in [5.41, 5.74) is 0.945. The molecule has 1 saturated heterocycles. The maximum Gasteiger partial charge on any atom is 0.416 e. The lowest BCUT2D eigenvalue weighted by Gasteiger charge is -2.34. The molecule has 1 N–H and O–H groups in total. The molecule has 0 aliphatic carbocycles. The molecule has 0 bridgehead atoms. The lowest BCUT2D eigenvalue weighted by Crippen LogP contribution is -2.35. The van der Waals surface area contributed by atoms with Gasteiger partial charge in [0.25, 0.3) is 0 Å². The van der Waals surface area contributed by atoms with E-state index in [1.165, 1.54) is 6.07 Å². The Morgan fingerprint density at radius 2 is 1.84 bits per heavy atom. The summed E-state index contributed by atoms with van der Waals surface area (Å²) in [5, 5.41) is 16.0. The van der Waals surface area contributed by atoms with Crippen LogP contribution in [0.25, 0.3) is 10.9 Å². The molecule has 0 unspecified atom stereocenters. The molecule has 37 heavy (non-hydrogen) atoms. The summed E-state index contributed by atoms with van der Waals surface area (Å²) in [6.07, 6.45) is -2.23. The summed E-state index contributed by atoms with van der Waals surface area (Å²) >= 11 is 0. The van der Waals surface area contributed by atoms with Crippen molar-refractivity contribution in [3.8, 4) is 0 Å². The van der Waals surface area contributed by atoms with Crippen LogP contribution < -0.4 is 10.2 Å². The zero-order chi connectivity index (χ0) is 26.8. The molecule has 1 aromatic heterocycles. The molecule has 1 aliphatic heterocycles. The lowest BCUT2D eigenvalue weighted by atomic mass is 9.93. The number of anilines is 2. The van der Waals surface area contributed by atoms with Gasteiger partial charge in [-0.1, -0.05) is 12.1 Å². The molecule has 7 nitrogen and oxygen atoms in total. The SMILES string of the molecule is C[C@@H](Nc1nnnc2ccc(N3CCC(CC(=O)OC(C)(C)C)CC3)cc12)c1cccc(C(F)(F)F)c1. The first kappa shape index (κ1) is 26.6. The molecule has 1 fully saturated rings. The molecular weight excluding hydrogens is 483 g/mol. The van der Waals surface area contributed by atoms with Gasteiger partial charge in [0.2, 0.25) is 0 Å². The van der Waals surface area contributed by atoms with Gasteiger partial charge in [-0.25, -0.2) is 0 Å². The molecule has 0 spiro atoms. The van der Waals surface area contributed by atoms with E-state index in [0.29, 0.717) is 23.3 Å². The van der Waals surface area contributed by atoms with Crippen LogP contribution in [0.5, 0.6) is 0 Å². The standard InChI is InChI=1S/C27H32F3N5O2/c1-17(19-6-5-7-20(15-19)27(28,29)30)31-25-22-16-21(8-9-23(22)32-34-33-25)35-12-10-18(11-13-35)14-24(36)37-26(2,3)4/h5-9,15-18H,10-14H2,1-4H3,(H,31,32,33)/t17-/m1/s1. The number of rotatable bonds is 6. The number of carbonyl (C=O) groups excluding carboxylic acids is 1. The molecule has 2 aromatic carbocycles. The van der Waals surface area contributed by atoms with E-state index in [1.54, 1.807) is 13.0 Å². The van der Waals surface area contributed by atoms with Crippen LogP contribution in [0.4, 0.5) is 24.7 Å². The van der Waals surface area contributed by atoms with Crippen LogP contribution in [-0.4, -0.2) is 40.1 Å². The van der Waals surface area contributed by atoms with E-state index in [4.69, 9.17) is 4.74 Å². The lowest BCUT2D eigenvalue weighted by molar-refractivity contribution is -0.156. The largest absolute Gasteiger partial charge is 0.460 e.